The van der Waals surface area contributed by atoms with Crippen molar-refractivity contribution >= 4 is 24.0 Å². The Hall–Kier alpha value is -1.78. The Morgan fingerprint density at radius 3 is 2.46 bits per heavy atom. The minimum absolute atomic E-state index is 0. The molecule has 0 aliphatic carbocycles. The molecule has 1 amide bonds. The van der Waals surface area contributed by atoms with Crippen molar-refractivity contribution in [3.05, 3.63) is 52.8 Å². The molecule has 0 fully saturated rings. The van der Waals surface area contributed by atoms with Gasteiger partial charge < -0.3 is 15.2 Å². The van der Waals surface area contributed by atoms with Crippen LogP contribution in [0.15, 0.2) is 30.3 Å². The Morgan fingerprint density at radius 2 is 1.88 bits per heavy atom. The Labute approximate surface area is 151 Å². The fourth-order valence-corrected chi connectivity index (χ4v) is 3.05. The van der Waals surface area contributed by atoms with Crippen LogP contribution in [0.2, 0.25) is 0 Å². The summed E-state index contributed by atoms with van der Waals surface area (Å²) in [6.45, 7) is 12.0. The third-order valence-electron chi connectivity index (χ3n) is 4.08. The van der Waals surface area contributed by atoms with Crippen molar-refractivity contribution in [2.24, 2.45) is 0 Å². The zero-order valence-corrected chi connectivity index (χ0v) is 16.0. The van der Waals surface area contributed by atoms with Gasteiger partial charge in [-0.25, -0.2) is 0 Å². The maximum Gasteiger partial charge on any atom is 0.257 e. The Kier molecular flexibility index (Phi) is 7.52. The lowest BCUT2D eigenvalue weighted by atomic mass is 10.1. The molecule has 0 saturated carbocycles. The SMILES string of the molecule is CCNCc1ccccc1NC(=O)c1cc(C)n(C(C)C)c1C.Cl. The van der Waals surface area contributed by atoms with Gasteiger partial charge in [0.15, 0.2) is 0 Å². The van der Waals surface area contributed by atoms with E-state index in [1.165, 1.54) is 0 Å². The van der Waals surface area contributed by atoms with Crippen LogP contribution in [-0.2, 0) is 6.54 Å². The summed E-state index contributed by atoms with van der Waals surface area (Å²) in [7, 11) is 0. The first-order chi connectivity index (χ1) is 11.0. The molecular formula is C19H28ClN3O. The zero-order chi connectivity index (χ0) is 17.0. The van der Waals surface area contributed by atoms with Crippen molar-refractivity contribution in [2.75, 3.05) is 11.9 Å². The van der Waals surface area contributed by atoms with E-state index in [0.29, 0.717) is 6.04 Å². The van der Waals surface area contributed by atoms with E-state index in [0.717, 1.165) is 41.3 Å². The molecular weight excluding hydrogens is 322 g/mol. The van der Waals surface area contributed by atoms with Gasteiger partial charge in [0.05, 0.1) is 5.56 Å². The standard InChI is InChI=1S/C19H27N3O.ClH/c1-6-20-12-16-9-7-8-10-18(16)21-19(23)17-11-14(4)22(13(2)3)15(17)5;/h7-11,13,20H,6,12H2,1-5H3,(H,21,23);1H. The molecule has 0 bridgehead atoms. The molecule has 1 heterocycles. The summed E-state index contributed by atoms with van der Waals surface area (Å²) in [5, 5.41) is 6.37. The molecule has 0 saturated heterocycles. The van der Waals surface area contributed by atoms with Crippen LogP contribution >= 0.6 is 12.4 Å². The predicted octanol–water partition coefficient (Wildman–Crippen LogP) is 4.47. The molecule has 0 atom stereocenters. The van der Waals surface area contributed by atoms with Crippen molar-refractivity contribution < 1.29 is 4.79 Å². The van der Waals surface area contributed by atoms with Crippen molar-refractivity contribution in [3.8, 4) is 0 Å². The molecule has 0 spiro atoms. The van der Waals surface area contributed by atoms with Gasteiger partial charge in [0.2, 0.25) is 0 Å². The molecule has 132 valence electrons. The van der Waals surface area contributed by atoms with Gasteiger partial charge >= 0.3 is 0 Å². The number of aromatic nitrogens is 1. The topological polar surface area (TPSA) is 46.1 Å². The van der Waals surface area contributed by atoms with E-state index in [4.69, 9.17) is 0 Å². The molecule has 1 aromatic heterocycles. The van der Waals surface area contributed by atoms with Crippen LogP contribution in [0.3, 0.4) is 0 Å². The van der Waals surface area contributed by atoms with Gasteiger partial charge in [0, 0.05) is 29.7 Å². The maximum atomic E-state index is 12.7. The molecule has 0 unspecified atom stereocenters. The zero-order valence-electron chi connectivity index (χ0n) is 15.1. The van der Waals surface area contributed by atoms with E-state index in [-0.39, 0.29) is 18.3 Å². The second-order valence-electron chi connectivity index (χ2n) is 6.14. The summed E-state index contributed by atoms with van der Waals surface area (Å²) in [6, 6.07) is 10.2. The number of amides is 1. The van der Waals surface area contributed by atoms with Gasteiger partial charge in [-0.1, -0.05) is 25.1 Å². The second kappa shape index (κ2) is 8.90. The summed E-state index contributed by atoms with van der Waals surface area (Å²) in [6.07, 6.45) is 0. The summed E-state index contributed by atoms with van der Waals surface area (Å²) < 4.78 is 2.19. The highest BCUT2D eigenvalue weighted by molar-refractivity contribution is 6.05. The number of para-hydroxylation sites is 1. The molecule has 0 aliphatic rings. The van der Waals surface area contributed by atoms with E-state index in [2.05, 4.69) is 36.0 Å². The van der Waals surface area contributed by atoms with E-state index in [1.807, 2.05) is 44.2 Å². The van der Waals surface area contributed by atoms with Crippen LogP contribution in [-0.4, -0.2) is 17.0 Å². The van der Waals surface area contributed by atoms with Crippen molar-refractivity contribution in [3.63, 3.8) is 0 Å². The van der Waals surface area contributed by atoms with Crippen molar-refractivity contribution in [1.82, 2.24) is 9.88 Å². The third kappa shape index (κ3) is 4.40. The van der Waals surface area contributed by atoms with Crippen molar-refractivity contribution in [1.29, 1.82) is 0 Å². The lowest BCUT2D eigenvalue weighted by Crippen LogP contribution is -2.17. The molecule has 0 radical (unpaired) electrons. The lowest BCUT2D eigenvalue weighted by molar-refractivity contribution is 0.102. The summed E-state index contributed by atoms with van der Waals surface area (Å²) >= 11 is 0. The minimum atomic E-state index is -0.0473. The number of carbonyl (C=O) groups excluding carboxylic acids is 1. The summed E-state index contributed by atoms with van der Waals surface area (Å²) in [4.78, 5) is 12.7. The Bertz CT molecular complexity index is 692. The summed E-state index contributed by atoms with van der Waals surface area (Å²) in [5.41, 5.74) is 4.84. The second-order valence-corrected chi connectivity index (χ2v) is 6.14. The normalized spacial score (nSPS) is 10.6. The summed E-state index contributed by atoms with van der Waals surface area (Å²) in [5.74, 6) is -0.0473. The number of hydrogen-bond acceptors (Lipinski definition) is 2. The number of nitrogens with one attached hydrogen (secondary N) is 2. The van der Waals surface area contributed by atoms with Gasteiger partial charge in [0.25, 0.3) is 5.91 Å². The van der Waals surface area contributed by atoms with E-state index in [9.17, 15) is 4.79 Å². The lowest BCUT2D eigenvalue weighted by Gasteiger charge is -2.14. The van der Waals surface area contributed by atoms with Crippen molar-refractivity contribution in [2.45, 2.75) is 47.2 Å². The number of halogens is 1. The van der Waals surface area contributed by atoms with Gasteiger partial charge in [0.1, 0.15) is 0 Å². The molecule has 0 aliphatic heterocycles. The fourth-order valence-electron chi connectivity index (χ4n) is 3.05. The molecule has 2 aromatic rings. The van der Waals surface area contributed by atoms with Gasteiger partial charge in [-0.05, 0) is 51.9 Å². The van der Waals surface area contributed by atoms with Crippen LogP contribution in [0.1, 0.15) is 54.1 Å². The maximum absolute atomic E-state index is 12.7. The number of rotatable bonds is 6. The number of hydrogen-bond donors (Lipinski definition) is 2. The minimum Gasteiger partial charge on any atom is -0.346 e. The average Bonchev–Trinajstić information content (AvgIpc) is 2.81. The predicted molar refractivity (Wildman–Crippen MR) is 103 cm³/mol. The first-order valence-corrected chi connectivity index (χ1v) is 8.24. The van der Waals surface area contributed by atoms with E-state index < -0.39 is 0 Å². The number of nitrogens with zero attached hydrogens (tertiary/aromatic N) is 1. The molecule has 2 N–H and O–H groups in total. The third-order valence-corrected chi connectivity index (χ3v) is 4.08. The average molecular weight is 350 g/mol. The number of aryl methyl sites for hydroxylation is 1. The van der Waals surface area contributed by atoms with Gasteiger partial charge in [-0.3, -0.25) is 4.79 Å². The highest BCUT2D eigenvalue weighted by Crippen LogP contribution is 2.22. The Morgan fingerprint density at radius 1 is 1.21 bits per heavy atom. The highest BCUT2D eigenvalue weighted by atomic mass is 35.5. The Balaban J connectivity index is 0.00000288. The monoisotopic (exact) mass is 349 g/mol. The number of anilines is 1. The smallest absolute Gasteiger partial charge is 0.257 e. The molecule has 24 heavy (non-hydrogen) atoms. The molecule has 2 rings (SSSR count). The van der Waals surface area contributed by atoms with Gasteiger partial charge in [-0.15, -0.1) is 12.4 Å². The molecule has 4 nitrogen and oxygen atoms in total. The quantitative estimate of drug-likeness (QED) is 0.808. The van der Waals surface area contributed by atoms with Crippen LogP contribution < -0.4 is 10.6 Å². The fraction of sp³-hybridized carbons (Fsp3) is 0.421. The van der Waals surface area contributed by atoms with Gasteiger partial charge in [-0.2, -0.15) is 0 Å². The number of carbonyl (C=O) groups is 1. The first kappa shape index (κ1) is 20.3. The van der Waals surface area contributed by atoms with E-state index >= 15 is 0 Å². The van der Waals surface area contributed by atoms with Crippen LogP contribution in [0, 0.1) is 13.8 Å². The van der Waals surface area contributed by atoms with E-state index in [1.54, 1.807) is 0 Å². The van der Waals surface area contributed by atoms with Crippen LogP contribution in [0.25, 0.3) is 0 Å². The number of benzene rings is 1. The van der Waals surface area contributed by atoms with Crippen LogP contribution in [0.5, 0.6) is 0 Å². The molecule has 5 heteroatoms. The van der Waals surface area contributed by atoms with Crippen LogP contribution in [0.4, 0.5) is 5.69 Å². The highest BCUT2D eigenvalue weighted by Gasteiger charge is 2.17. The molecule has 1 aromatic carbocycles. The largest absolute Gasteiger partial charge is 0.346 e. The first-order valence-electron chi connectivity index (χ1n) is 8.24.